The second kappa shape index (κ2) is 4.40. The molecule has 1 aromatic rings. The van der Waals surface area contributed by atoms with Gasteiger partial charge in [0.1, 0.15) is 16.9 Å². The van der Waals surface area contributed by atoms with Crippen molar-refractivity contribution in [2.45, 2.75) is 26.4 Å². The molecule has 0 atom stereocenters. The van der Waals surface area contributed by atoms with E-state index in [2.05, 4.69) is 0 Å². The lowest BCUT2D eigenvalue weighted by molar-refractivity contribution is -0.384. The normalized spacial score (nSPS) is 11.0. The van der Waals surface area contributed by atoms with Gasteiger partial charge in [0.2, 0.25) is 0 Å². The van der Waals surface area contributed by atoms with Crippen LogP contribution < -0.4 is 0 Å². The predicted octanol–water partition coefficient (Wildman–Crippen LogP) is 2.26. The highest BCUT2D eigenvalue weighted by molar-refractivity contribution is 5.93. The number of nitrogens with zero attached hydrogens (tertiary/aromatic N) is 1. The van der Waals surface area contributed by atoms with Crippen LogP contribution >= 0.6 is 0 Å². The van der Waals surface area contributed by atoms with Crippen molar-refractivity contribution in [2.75, 3.05) is 0 Å². The van der Waals surface area contributed by atoms with Crippen LogP contribution in [0.5, 0.6) is 5.75 Å². The van der Waals surface area contributed by atoms with E-state index >= 15 is 0 Å². The molecule has 0 spiro atoms. The smallest absolute Gasteiger partial charge is 0.342 e. The molecule has 0 aromatic heterocycles. The number of benzene rings is 1. The number of esters is 1. The maximum Gasteiger partial charge on any atom is 0.342 e. The molecule has 0 fully saturated rings. The van der Waals surface area contributed by atoms with Crippen molar-refractivity contribution in [3.05, 3.63) is 33.9 Å². The van der Waals surface area contributed by atoms with Crippen molar-refractivity contribution in [2.24, 2.45) is 0 Å². The zero-order chi connectivity index (χ0) is 13.2. The SMILES string of the molecule is CC(C)(C)OC(=O)c1cc([N+](=O)[O-])ccc1O. The first-order valence-electron chi connectivity index (χ1n) is 4.91. The van der Waals surface area contributed by atoms with E-state index in [4.69, 9.17) is 4.74 Å². The van der Waals surface area contributed by atoms with Gasteiger partial charge in [-0.05, 0) is 26.8 Å². The van der Waals surface area contributed by atoms with Gasteiger partial charge in [0.05, 0.1) is 4.92 Å². The molecule has 6 heteroatoms. The number of hydrogen-bond donors (Lipinski definition) is 1. The first-order valence-corrected chi connectivity index (χ1v) is 4.91. The van der Waals surface area contributed by atoms with Crippen LogP contribution in [0.4, 0.5) is 5.69 Å². The van der Waals surface area contributed by atoms with Crippen LogP contribution in [0.2, 0.25) is 0 Å². The van der Waals surface area contributed by atoms with E-state index < -0.39 is 16.5 Å². The quantitative estimate of drug-likeness (QED) is 0.485. The Kier molecular flexibility index (Phi) is 3.36. The highest BCUT2D eigenvalue weighted by Gasteiger charge is 2.22. The van der Waals surface area contributed by atoms with Gasteiger partial charge in [-0.1, -0.05) is 0 Å². The standard InChI is InChI=1S/C11H13NO5/c1-11(2,3)17-10(14)8-6-7(12(15)16)4-5-9(8)13/h4-6,13H,1-3H3. The molecule has 0 radical (unpaired) electrons. The third-order valence-corrected chi connectivity index (χ3v) is 1.81. The van der Waals surface area contributed by atoms with E-state index in [1.54, 1.807) is 20.8 Å². The fourth-order valence-corrected chi connectivity index (χ4v) is 1.13. The molecule has 0 unspecified atom stereocenters. The lowest BCUT2D eigenvalue weighted by Gasteiger charge is -2.19. The summed E-state index contributed by atoms with van der Waals surface area (Å²) in [4.78, 5) is 21.5. The number of hydrogen-bond acceptors (Lipinski definition) is 5. The number of ether oxygens (including phenoxy) is 1. The average molecular weight is 239 g/mol. The van der Waals surface area contributed by atoms with Crippen molar-refractivity contribution in [1.82, 2.24) is 0 Å². The Morgan fingerprint density at radius 3 is 2.47 bits per heavy atom. The zero-order valence-corrected chi connectivity index (χ0v) is 9.76. The van der Waals surface area contributed by atoms with Crippen LogP contribution in [0.15, 0.2) is 18.2 Å². The summed E-state index contributed by atoms with van der Waals surface area (Å²) in [6.45, 7) is 5.00. The molecule has 0 bridgehead atoms. The number of carbonyl (C=O) groups excluding carboxylic acids is 1. The van der Waals surface area contributed by atoms with Gasteiger partial charge in [-0.2, -0.15) is 0 Å². The highest BCUT2D eigenvalue weighted by atomic mass is 16.6. The monoisotopic (exact) mass is 239 g/mol. The number of rotatable bonds is 2. The summed E-state index contributed by atoms with van der Waals surface area (Å²) in [5, 5.41) is 20.0. The molecule has 0 saturated heterocycles. The molecule has 17 heavy (non-hydrogen) atoms. The van der Waals surface area contributed by atoms with Gasteiger partial charge in [0, 0.05) is 12.1 Å². The number of nitro groups is 1. The van der Waals surface area contributed by atoms with Crippen LogP contribution in [0, 0.1) is 10.1 Å². The summed E-state index contributed by atoms with van der Waals surface area (Å²) >= 11 is 0. The number of phenols is 1. The molecule has 92 valence electrons. The van der Waals surface area contributed by atoms with Gasteiger partial charge in [-0.25, -0.2) is 4.79 Å². The fourth-order valence-electron chi connectivity index (χ4n) is 1.13. The van der Waals surface area contributed by atoms with Crippen molar-refractivity contribution in [3.8, 4) is 5.75 Å². The van der Waals surface area contributed by atoms with Gasteiger partial charge in [0.15, 0.2) is 0 Å². The number of phenolic OH excluding ortho intramolecular Hbond substituents is 1. The van der Waals surface area contributed by atoms with E-state index in [-0.39, 0.29) is 17.0 Å². The predicted molar refractivity (Wildman–Crippen MR) is 59.9 cm³/mol. The molecule has 0 aliphatic heterocycles. The van der Waals surface area contributed by atoms with E-state index in [1.807, 2.05) is 0 Å². The van der Waals surface area contributed by atoms with E-state index in [0.29, 0.717) is 0 Å². The average Bonchev–Trinajstić information content (AvgIpc) is 2.14. The van der Waals surface area contributed by atoms with Crippen molar-refractivity contribution >= 4 is 11.7 Å². The molecule has 0 saturated carbocycles. The Hall–Kier alpha value is -2.11. The van der Waals surface area contributed by atoms with Crippen LogP contribution in [0.3, 0.4) is 0 Å². The van der Waals surface area contributed by atoms with Crippen molar-refractivity contribution < 1.29 is 19.6 Å². The summed E-state index contributed by atoms with van der Waals surface area (Å²) in [5.41, 5.74) is -1.22. The minimum Gasteiger partial charge on any atom is -0.507 e. The highest BCUT2D eigenvalue weighted by Crippen LogP contribution is 2.25. The van der Waals surface area contributed by atoms with Gasteiger partial charge in [-0.3, -0.25) is 10.1 Å². The Bertz CT molecular complexity index is 461. The first kappa shape index (κ1) is 13.0. The Morgan fingerprint density at radius 1 is 1.41 bits per heavy atom. The Labute approximate surface area is 98.0 Å². The third-order valence-electron chi connectivity index (χ3n) is 1.81. The zero-order valence-electron chi connectivity index (χ0n) is 9.76. The maximum absolute atomic E-state index is 11.7. The Balaban J connectivity index is 3.08. The fraction of sp³-hybridized carbons (Fsp3) is 0.364. The second-order valence-electron chi connectivity index (χ2n) is 4.46. The van der Waals surface area contributed by atoms with E-state index in [0.717, 1.165) is 18.2 Å². The minimum atomic E-state index is -0.793. The van der Waals surface area contributed by atoms with Crippen LogP contribution in [-0.4, -0.2) is 21.6 Å². The lowest BCUT2D eigenvalue weighted by Crippen LogP contribution is -2.24. The van der Waals surface area contributed by atoms with Gasteiger partial charge < -0.3 is 9.84 Å². The molecular weight excluding hydrogens is 226 g/mol. The molecule has 1 N–H and O–H groups in total. The van der Waals surface area contributed by atoms with Crippen molar-refractivity contribution in [3.63, 3.8) is 0 Å². The van der Waals surface area contributed by atoms with Crippen LogP contribution in [-0.2, 0) is 4.74 Å². The van der Waals surface area contributed by atoms with Gasteiger partial charge in [-0.15, -0.1) is 0 Å². The number of non-ortho nitro benzene ring substituents is 1. The Morgan fingerprint density at radius 2 is 2.00 bits per heavy atom. The van der Waals surface area contributed by atoms with Gasteiger partial charge >= 0.3 is 5.97 Å². The summed E-state index contributed by atoms with van der Waals surface area (Å²) in [5.74, 6) is -1.14. The summed E-state index contributed by atoms with van der Waals surface area (Å²) in [7, 11) is 0. The van der Waals surface area contributed by atoms with Gasteiger partial charge in [0.25, 0.3) is 5.69 Å². The molecular formula is C11H13NO5. The molecule has 0 aliphatic rings. The summed E-state index contributed by atoms with van der Waals surface area (Å²) in [6.07, 6.45) is 0. The van der Waals surface area contributed by atoms with Crippen LogP contribution in [0.1, 0.15) is 31.1 Å². The largest absolute Gasteiger partial charge is 0.507 e. The number of nitro benzene ring substituents is 1. The molecule has 0 heterocycles. The summed E-state index contributed by atoms with van der Waals surface area (Å²) in [6, 6.07) is 3.20. The van der Waals surface area contributed by atoms with E-state index in [1.165, 1.54) is 0 Å². The number of aromatic hydroxyl groups is 1. The molecule has 1 rings (SSSR count). The van der Waals surface area contributed by atoms with E-state index in [9.17, 15) is 20.0 Å². The summed E-state index contributed by atoms with van der Waals surface area (Å²) < 4.78 is 5.02. The minimum absolute atomic E-state index is 0.214. The van der Waals surface area contributed by atoms with Crippen molar-refractivity contribution in [1.29, 1.82) is 0 Å². The number of carbonyl (C=O) groups is 1. The molecule has 0 amide bonds. The molecule has 1 aromatic carbocycles. The second-order valence-corrected chi connectivity index (χ2v) is 4.46. The molecule has 6 nitrogen and oxygen atoms in total. The lowest BCUT2D eigenvalue weighted by atomic mass is 10.1. The topological polar surface area (TPSA) is 89.7 Å². The maximum atomic E-state index is 11.7. The van der Waals surface area contributed by atoms with Crippen LogP contribution in [0.25, 0.3) is 0 Å². The third kappa shape index (κ3) is 3.44. The molecule has 0 aliphatic carbocycles. The first-order chi connectivity index (χ1) is 7.70.